The maximum absolute atomic E-state index is 11.5. The minimum Gasteiger partial charge on any atom is -0.377 e. The van der Waals surface area contributed by atoms with Crippen molar-refractivity contribution in [3.8, 4) is 0 Å². The number of hydrogen-bond acceptors (Lipinski definition) is 5. The average Bonchev–Trinajstić information content (AvgIpc) is 2.32. The zero-order valence-electron chi connectivity index (χ0n) is 10.1. The molecule has 98 valence electrons. The molecule has 0 bridgehead atoms. The van der Waals surface area contributed by atoms with E-state index in [0.717, 1.165) is 18.2 Å². The largest absolute Gasteiger partial charge is 0.377 e. The zero-order valence-corrected chi connectivity index (χ0v) is 10.9. The molecule has 0 spiro atoms. The second-order valence-corrected chi connectivity index (χ2v) is 4.35. The van der Waals surface area contributed by atoms with Crippen molar-refractivity contribution in [3.63, 3.8) is 0 Å². The van der Waals surface area contributed by atoms with Crippen molar-refractivity contribution in [2.45, 2.75) is 13.3 Å². The van der Waals surface area contributed by atoms with E-state index in [4.69, 9.17) is 11.6 Å². The summed E-state index contributed by atoms with van der Waals surface area (Å²) in [5, 5.41) is 6.06. The fraction of sp³-hybridized carbons (Fsp3) is 0.667. The van der Waals surface area contributed by atoms with Crippen LogP contribution in [0.3, 0.4) is 0 Å². The molecule has 0 aromatic heterocycles. The molecule has 17 heavy (non-hydrogen) atoms. The molecule has 0 fully saturated rings. The first-order chi connectivity index (χ1) is 8.01. The minimum atomic E-state index is -0.201. The highest BCUT2D eigenvalue weighted by Crippen LogP contribution is 2.00. The van der Waals surface area contributed by atoms with E-state index in [1.54, 1.807) is 7.05 Å². The van der Waals surface area contributed by atoms with Crippen molar-refractivity contribution in [1.82, 2.24) is 10.2 Å². The Morgan fingerprint density at radius 1 is 1.47 bits per heavy atom. The number of nitrogens with two attached hydrogens (primary N) is 2. The highest BCUT2D eigenvalue weighted by atomic mass is 32.2. The number of carbonyl (C=O) groups is 2. The number of amides is 2. The predicted molar refractivity (Wildman–Crippen MR) is 69.2 cm³/mol. The van der Waals surface area contributed by atoms with Crippen LogP contribution in [-0.4, -0.2) is 47.8 Å². The van der Waals surface area contributed by atoms with Gasteiger partial charge in [0.05, 0.1) is 12.3 Å². The normalized spacial score (nSPS) is 11.1. The van der Waals surface area contributed by atoms with E-state index < -0.39 is 0 Å². The molecule has 0 radical (unpaired) electrons. The molecular formula is C9H19N5O2S. The van der Waals surface area contributed by atoms with Gasteiger partial charge in [0, 0.05) is 13.6 Å². The van der Waals surface area contributed by atoms with Crippen LogP contribution in [0.5, 0.6) is 0 Å². The standard InChI is InChI=1S/C9H19N5O2S/c1-3-4-12-7(15)5-14(2)8(16)6-17-9(10)13-11/h3-6,11H2,1-2H3,(H2,10,13)(H,12,15). The molecule has 0 atom stereocenters. The Morgan fingerprint density at radius 2 is 2.12 bits per heavy atom. The maximum atomic E-state index is 11.5. The first kappa shape index (κ1) is 15.6. The number of hydrazone groups is 1. The summed E-state index contributed by atoms with van der Waals surface area (Å²) < 4.78 is 0. The third-order valence-corrected chi connectivity index (χ3v) is 2.64. The molecule has 0 aliphatic carbocycles. The summed E-state index contributed by atoms with van der Waals surface area (Å²) in [6, 6.07) is 0. The van der Waals surface area contributed by atoms with Gasteiger partial charge in [0.2, 0.25) is 11.8 Å². The fourth-order valence-electron chi connectivity index (χ4n) is 0.907. The molecule has 0 unspecified atom stereocenters. The van der Waals surface area contributed by atoms with Crippen molar-refractivity contribution in [2.75, 3.05) is 25.9 Å². The number of nitrogens with one attached hydrogen (secondary N) is 1. The van der Waals surface area contributed by atoms with E-state index in [0.29, 0.717) is 6.54 Å². The summed E-state index contributed by atoms with van der Waals surface area (Å²) in [5.41, 5.74) is 5.33. The average molecular weight is 261 g/mol. The molecule has 0 aliphatic rings. The number of nitrogens with zero attached hydrogens (tertiary/aromatic N) is 2. The Bertz CT molecular complexity index is 295. The van der Waals surface area contributed by atoms with Crippen molar-refractivity contribution >= 4 is 28.7 Å². The van der Waals surface area contributed by atoms with E-state index in [1.807, 2.05) is 6.92 Å². The molecular weight excluding hydrogens is 242 g/mol. The lowest BCUT2D eigenvalue weighted by Gasteiger charge is -2.16. The highest BCUT2D eigenvalue weighted by Gasteiger charge is 2.13. The van der Waals surface area contributed by atoms with Gasteiger partial charge < -0.3 is 21.8 Å². The molecule has 0 saturated carbocycles. The molecule has 0 aromatic rings. The lowest BCUT2D eigenvalue weighted by Crippen LogP contribution is -2.39. The van der Waals surface area contributed by atoms with Crippen LogP contribution in [-0.2, 0) is 9.59 Å². The Kier molecular flexibility index (Phi) is 7.95. The van der Waals surface area contributed by atoms with Crippen LogP contribution in [0, 0.1) is 0 Å². The van der Waals surface area contributed by atoms with Gasteiger partial charge in [0.25, 0.3) is 0 Å². The Labute approximate surface area is 105 Å². The molecule has 0 aromatic carbocycles. The quantitative estimate of drug-likeness (QED) is 0.243. The first-order valence-corrected chi connectivity index (χ1v) is 6.16. The Hall–Kier alpha value is -1.44. The lowest BCUT2D eigenvalue weighted by molar-refractivity contribution is -0.132. The van der Waals surface area contributed by atoms with Crippen molar-refractivity contribution in [2.24, 2.45) is 16.7 Å². The molecule has 7 nitrogen and oxygen atoms in total. The molecule has 0 aliphatic heterocycles. The summed E-state index contributed by atoms with van der Waals surface area (Å²) >= 11 is 1.04. The van der Waals surface area contributed by atoms with Gasteiger partial charge in [-0.3, -0.25) is 9.59 Å². The van der Waals surface area contributed by atoms with Crippen LogP contribution < -0.4 is 16.9 Å². The van der Waals surface area contributed by atoms with Crippen molar-refractivity contribution < 1.29 is 9.59 Å². The smallest absolute Gasteiger partial charge is 0.239 e. The summed E-state index contributed by atoms with van der Waals surface area (Å²) in [4.78, 5) is 24.2. The SMILES string of the molecule is CCCNC(=O)CN(C)C(=O)CSC(N)=NN. The number of hydrogen-bond donors (Lipinski definition) is 3. The van der Waals surface area contributed by atoms with E-state index in [1.165, 1.54) is 4.90 Å². The van der Waals surface area contributed by atoms with Crippen molar-refractivity contribution in [1.29, 1.82) is 0 Å². The van der Waals surface area contributed by atoms with Gasteiger partial charge in [-0.05, 0) is 6.42 Å². The Morgan fingerprint density at radius 3 is 2.65 bits per heavy atom. The summed E-state index contributed by atoms with van der Waals surface area (Å²) in [6.45, 7) is 2.61. The number of rotatable bonds is 6. The molecule has 0 heterocycles. The summed E-state index contributed by atoms with van der Waals surface area (Å²) in [6.07, 6.45) is 0.864. The third kappa shape index (κ3) is 7.45. The van der Waals surface area contributed by atoms with Crippen LogP contribution in [0.2, 0.25) is 0 Å². The number of amidine groups is 1. The second-order valence-electron chi connectivity index (χ2n) is 3.36. The first-order valence-electron chi connectivity index (χ1n) is 5.18. The molecule has 5 N–H and O–H groups in total. The topological polar surface area (TPSA) is 114 Å². The second kappa shape index (κ2) is 8.68. The van der Waals surface area contributed by atoms with Gasteiger partial charge in [-0.25, -0.2) is 0 Å². The van der Waals surface area contributed by atoms with Gasteiger partial charge in [-0.2, -0.15) is 5.10 Å². The highest BCUT2D eigenvalue weighted by molar-refractivity contribution is 8.14. The summed E-state index contributed by atoms with van der Waals surface area (Å²) in [7, 11) is 1.56. The molecule has 8 heteroatoms. The predicted octanol–water partition coefficient (Wildman–Crippen LogP) is -1.11. The minimum absolute atomic E-state index is 0.0407. The Balaban J connectivity index is 3.92. The van der Waals surface area contributed by atoms with Gasteiger partial charge >= 0.3 is 0 Å². The van der Waals surface area contributed by atoms with E-state index in [2.05, 4.69) is 10.4 Å². The van der Waals surface area contributed by atoms with Gasteiger partial charge in [0.1, 0.15) is 0 Å². The lowest BCUT2D eigenvalue weighted by atomic mass is 10.4. The number of thioether (sulfide) groups is 1. The van der Waals surface area contributed by atoms with Crippen LogP contribution in [0.15, 0.2) is 5.10 Å². The van der Waals surface area contributed by atoms with Gasteiger partial charge in [0.15, 0.2) is 5.17 Å². The molecule has 2 amide bonds. The van der Waals surface area contributed by atoms with E-state index in [9.17, 15) is 9.59 Å². The number of carbonyl (C=O) groups excluding carboxylic acids is 2. The monoisotopic (exact) mass is 261 g/mol. The van der Waals surface area contributed by atoms with E-state index >= 15 is 0 Å². The molecule has 0 saturated heterocycles. The third-order valence-electron chi connectivity index (χ3n) is 1.85. The van der Waals surface area contributed by atoms with E-state index in [-0.39, 0.29) is 29.3 Å². The van der Waals surface area contributed by atoms with Crippen molar-refractivity contribution in [3.05, 3.63) is 0 Å². The maximum Gasteiger partial charge on any atom is 0.239 e. The fourth-order valence-corrected chi connectivity index (χ4v) is 1.47. The molecule has 0 rings (SSSR count). The summed E-state index contributed by atoms with van der Waals surface area (Å²) in [5.74, 6) is 4.66. The van der Waals surface area contributed by atoms with Crippen LogP contribution in [0.4, 0.5) is 0 Å². The van der Waals surface area contributed by atoms with Crippen LogP contribution >= 0.6 is 11.8 Å². The van der Waals surface area contributed by atoms with Crippen LogP contribution in [0.25, 0.3) is 0 Å². The van der Waals surface area contributed by atoms with Gasteiger partial charge in [-0.15, -0.1) is 0 Å². The van der Waals surface area contributed by atoms with Crippen LogP contribution in [0.1, 0.15) is 13.3 Å². The number of likely N-dealkylation sites (N-methyl/N-ethyl adjacent to an activating group) is 1. The van der Waals surface area contributed by atoms with Gasteiger partial charge in [-0.1, -0.05) is 18.7 Å². The zero-order chi connectivity index (χ0) is 13.3.